The van der Waals surface area contributed by atoms with Crippen LogP contribution in [0.4, 0.5) is 0 Å². The van der Waals surface area contributed by atoms with Crippen molar-refractivity contribution in [3.63, 3.8) is 0 Å². The zero-order valence-corrected chi connectivity index (χ0v) is 19.6. The Balaban J connectivity index is 1.45. The van der Waals surface area contributed by atoms with Crippen LogP contribution in [0, 0.1) is 0 Å². The lowest BCUT2D eigenvalue weighted by Crippen LogP contribution is -2.35. The molecule has 0 aliphatic rings. The first-order valence-corrected chi connectivity index (χ1v) is 11.9. The fourth-order valence-corrected chi connectivity index (χ4v) is 4.01. The highest BCUT2D eigenvalue weighted by Crippen LogP contribution is 2.27. The number of nitrogens with two attached hydrogens (primary N) is 1. The molecule has 0 saturated heterocycles. The Bertz CT molecular complexity index is 1020. The van der Waals surface area contributed by atoms with E-state index in [1.165, 1.54) is 0 Å². The Morgan fingerprint density at radius 1 is 0.912 bits per heavy atom. The summed E-state index contributed by atoms with van der Waals surface area (Å²) in [5, 5.41) is 11.9. The Morgan fingerprint density at radius 3 is 2.24 bits per heavy atom. The summed E-state index contributed by atoms with van der Waals surface area (Å²) in [4.78, 5) is 23.3. The van der Waals surface area contributed by atoms with Gasteiger partial charge in [-0.1, -0.05) is 60.7 Å². The molecule has 2 aromatic carbocycles. The highest BCUT2D eigenvalue weighted by molar-refractivity contribution is 5.76. The maximum absolute atomic E-state index is 12.8. The second-order valence-corrected chi connectivity index (χ2v) is 8.59. The number of unbranched alkanes of at least 4 members (excludes halogenated alkanes) is 2. The summed E-state index contributed by atoms with van der Waals surface area (Å²) >= 11 is 0. The number of imidazole rings is 1. The van der Waals surface area contributed by atoms with Gasteiger partial charge in [-0.3, -0.25) is 9.59 Å². The number of carbonyl (C=O) groups excluding carboxylic acids is 1. The standard InChI is InChI=1S/C27H34N4O3/c28-26(22-11-3-1-4-12-22)27(23-13-5-2-6-14-23)29-24(32)15-7-9-17-30-19-20-31(21-30)18-10-8-16-25(33)34/h1-6,11-14,19-21,26-27H,7-10,15-18,28H2,(H-,29,32,33,34)/p+1/t26-,27-/m0/s1. The van der Waals surface area contributed by atoms with Crippen LogP contribution < -0.4 is 15.6 Å². The minimum absolute atomic E-state index is 0.00114. The van der Waals surface area contributed by atoms with Crippen molar-refractivity contribution in [3.05, 3.63) is 90.5 Å². The molecule has 0 spiro atoms. The van der Waals surface area contributed by atoms with E-state index in [-0.39, 0.29) is 24.4 Å². The number of aromatic nitrogens is 2. The zero-order chi connectivity index (χ0) is 24.2. The largest absolute Gasteiger partial charge is 0.481 e. The molecular formula is C27H35N4O3+. The fraction of sp³-hybridized carbons (Fsp3) is 0.370. The second-order valence-electron chi connectivity index (χ2n) is 8.59. The molecule has 3 aromatic rings. The number of hydrogen-bond acceptors (Lipinski definition) is 3. The van der Waals surface area contributed by atoms with Gasteiger partial charge in [-0.05, 0) is 36.8 Å². The summed E-state index contributed by atoms with van der Waals surface area (Å²) in [6.07, 6.45) is 9.91. The molecule has 0 saturated carbocycles. The summed E-state index contributed by atoms with van der Waals surface area (Å²) in [5.74, 6) is -0.745. The first-order valence-electron chi connectivity index (χ1n) is 11.9. The molecule has 180 valence electrons. The van der Waals surface area contributed by atoms with Crippen LogP contribution in [-0.4, -0.2) is 21.6 Å². The predicted octanol–water partition coefficient (Wildman–Crippen LogP) is 3.76. The number of amides is 1. The number of carboxylic acids is 1. The summed E-state index contributed by atoms with van der Waals surface area (Å²) in [5.41, 5.74) is 8.54. The van der Waals surface area contributed by atoms with Crippen LogP contribution in [0.5, 0.6) is 0 Å². The summed E-state index contributed by atoms with van der Waals surface area (Å²) in [6, 6.07) is 19.1. The lowest BCUT2D eigenvalue weighted by atomic mass is 9.94. The van der Waals surface area contributed by atoms with Gasteiger partial charge < -0.3 is 16.2 Å². The van der Waals surface area contributed by atoms with Crippen LogP contribution >= 0.6 is 0 Å². The van der Waals surface area contributed by atoms with E-state index < -0.39 is 5.97 Å². The SMILES string of the molecule is N[C@@H](c1ccccc1)[C@@H](NC(=O)CCCCn1cc[n+](CCCCC(=O)O)c1)c1ccccc1. The Kier molecular flexibility index (Phi) is 9.85. The lowest BCUT2D eigenvalue weighted by molar-refractivity contribution is -0.696. The second kappa shape index (κ2) is 13.3. The van der Waals surface area contributed by atoms with Crippen molar-refractivity contribution in [1.82, 2.24) is 9.88 Å². The monoisotopic (exact) mass is 463 g/mol. The van der Waals surface area contributed by atoms with Crippen LogP contribution in [0.25, 0.3) is 0 Å². The number of aliphatic carboxylic acids is 1. The van der Waals surface area contributed by atoms with Crippen molar-refractivity contribution in [1.29, 1.82) is 0 Å². The van der Waals surface area contributed by atoms with E-state index in [1.54, 1.807) is 0 Å². The summed E-state index contributed by atoms with van der Waals surface area (Å²) in [6.45, 7) is 1.65. The number of aryl methyl sites for hydroxylation is 2. The van der Waals surface area contributed by atoms with Gasteiger partial charge in [0.2, 0.25) is 12.2 Å². The molecule has 4 N–H and O–H groups in total. The number of rotatable bonds is 14. The highest BCUT2D eigenvalue weighted by Gasteiger charge is 2.23. The van der Waals surface area contributed by atoms with Crippen molar-refractivity contribution in [2.45, 2.75) is 63.7 Å². The van der Waals surface area contributed by atoms with Crippen LogP contribution in [0.3, 0.4) is 0 Å². The maximum atomic E-state index is 12.8. The lowest BCUT2D eigenvalue weighted by Gasteiger charge is -2.26. The highest BCUT2D eigenvalue weighted by atomic mass is 16.4. The van der Waals surface area contributed by atoms with Crippen molar-refractivity contribution in [3.8, 4) is 0 Å². The van der Waals surface area contributed by atoms with E-state index in [0.717, 1.165) is 43.5 Å². The molecule has 7 heteroatoms. The maximum Gasteiger partial charge on any atom is 0.303 e. The van der Waals surface area contributed by atoms with E-state index in [9.17, 15) is 9.59 Å². The van der Waals surface area contributed by atoms with Crippen LogP contribution in [0.1, 0.15) is 61.7 Å². The van der Waals surface area contributed by atoms with Gasteiger partial charge in [-0.25, -0.2) is 9.13 Å². The smallest absolute Gasteiger partial charge is 0.303 e. The quantitative estimate of drug-likeness (QED) is 0.250. The van der Waals surface area contributed by atoms with Crippen molar-refractivity contribution >= 4 is 11.9 Å². The van der Waals surface area contributed by atoms with Crippen molar-refractivity contribution < 1.29 is 19.3 Å². The molecule has 0 fully saturated rings. The van der Waals surface area contributed by atoms with Crippen molar-refractivity contribution in [2.75, 3.05) is 0 Å². The molecule has 0 unspecified atom stereocenters. The van der Waals surface area contributed by atoms with Gasteiger partial charge in [0, 0.05) is 12.8 Å². The molecule has 2 atom stereocenters. The van der Waals surface area contributed by atoms with Crippen LogP contribution in [0.15, 0.2) is 79.4 Å². The molecule has 1 amide bonds. The Labute approximate surface area is 201 Å². The third-order valence-electron chi connectivity index (χ3n) is 5.89. The van der Waals surface area contributed by atoms with E-state index >= 15 is 0 Å². The topological polar surface area (TPSA) is 101 Å². The first kappa shape index (κ1) is 25.2. The Hall–Kier alpha value is -3.45. The number of hydrogen-bond donors (Lipinski definition) is 3. The van der Waals surface area contributed by atoms with Crippen LogP contribution in [0.2, 0.25) is 0 Å². The van der Waals surface area contributed by atoms with Gasteiger partial charge in [0.1, 0.15) is 12.4 Å². The summed E-state index contributed by atoms with van der Waals surface area (Å²) < 4.78 is 4.18. The van der Waals surface area contributed by atoms with Gasteiger partial charge >= 0.3 is 5.97 Å². The molecule has 7 nitrogen and oxygen atoms in total. The van der Waals surface area contributed by atoms with E-state index in [2.05, 4.69) is 14.5 Å². The summed E-state index contributed by atoms with van der Waals surface area (Å²) in [7, 11) is 0. The van der Waals surface area contributed by atoms with E-state index in [0.29, 0.717) is 12.8 Å². The van der Waals surface area contributed by atoms with E-state index in [4.69, 9.17) is 10.8 Å². The number of carbonyl (C=O) groups is 2. The van der Waals surface area contributed by atoms with Crippen molar-refractivity contribution in [2.24, 2.45) is 5.73 Å². The molecule has 0 aliphatic carbocycles. The minimum Gasteiger partial charge on any atom is -0.481 e. The predicted molar refractivity (Wildman–Crippen MR) is 131 cm³/mol. The number of benzene rings is 2. The first-order chi connectivity index (χ1) is 16.5. The average Bonchev–Trinajstić information content (AvgIpc) is 3.31. The number of nitrogens with one attached hydrogen (secondary N) is 1. The molecule has 0 aliphatic heterocycles. The average molecular weight is 464 g/mol. The normalized spacial score (nSPS) is 12.7. The van der Waals surface area contributed by atoms with Gasteiger partial charge in [0.05, 0.1) is 25.2 Å². The third kappa shape index (κ3) is 8.15. The van der Waals surface area contributed by atoms with Gasteiger partial charge in [-0.15, -0.1) is 0 Å². The molecular weight excluding hydrogens is 428 g/mol. The fourth-order valence-electron chi connectivity index (χ4n) is 4.01. The molecule has 1 heterocycles. The zero-order valence-electron chi connectivity index (χ0n) is 19.6. The third-order valence-corrected chi connectivity index (χ3v) is 5.89. The molecule has 0 radical (unpaired) electrons. The number of carboxylic acid groups (broad SMARTS) is 1. The minimum atomic E-state index is -0.747. The molecule has 0 bridgehead atoms. The Morgan fingerprint density at radius 2 is 1.56 bits per heavy atom. The number of nitrogens with zero attached hydrogens (tertiary/aromatic N) is 2. The molecule has 34 heavy (non-hydrogen) atoms. The van der Waals surface area contributed by atoms with E-state index in [1.807, 2.05) is 79.4 Å². The van der Waals surface area contributed by atoms with Gasteiger partial charge in [-0.2, -0.15) is 0 Å². The molecule has 3 rings (SSSR count). The van der Waals surface area contributed by atoms with Gasteiger partial charge in [0.25, 0.3) is 0 Å². The molecule has 1 aromatic heterocycles. The van der Waals surface area contributed by atoms with Gasteiger partial charge in [0.15, 0.2) is 0 Å². The van der Waals surface area contributed by atoms with Crippen LogP contribution in [-0.2, 0) is 22.7 Å².